The number of ether oxygens (including phenoxy) is 1. The number of rotatable bonds is 6. The summed E-state index contributed by atoms with van der Waals surface area (Å²) >= 11 is 0. The second-order valence-electron chi connectivity index (χ2n) is 6.58. The number of nitro groups is 1. The van der Waals surface area contributed by atoms with Crippen LogP contribution in [0, 0.1) is 10.1 Å². The maximum atomic E-state index is 12.8. The van der Waals surface area contributed by atoms with Crippen LogP contribution >= 0.6 is 0 Å². The molecule has 0 atom stereocenters. The van der Waals surface area contributed by atoms with Crippen LogP contribution in [0.2, 0.25) is 0 Å². The summed E-state index contributed by atoms with van der Waals surface area (Å²) in [4.78, 5) is 24.4. The normalized spacial score (nSPS) is 15.3. The zero-order chi connectivity index (χ0) is 21.0. The summed E-state index contributed by atoms with van der Waals surface area (Å²) < 4.78 is 31.9. The Balaban J connectivity index is 1.67. The van der Waals surface area contributed by atoms with Gasteiger partial charge in [0.05, 0.1) is 16.4 Å². The SMILES string of the molecule is COCc1ccc(C(=O)N2CCN(S(=O)(=O)c3cccc([N+](=O)[O-])c3)CC2)cc1. The average Bonchev–Trinajstić information content (AvgIpc) is 2.74. The van der Waals surface area contributed by atoms with Gasteiger partial charge in [-0.05, 0) is 23.8 Å². The van der Waals surface area contributed by atoms with E-state index in [1.54, 1.807) is 24.1 Å². The lowest BCUT2D eigenvalue weighted by atomic mass is 10.1. The van der Waals surface area contributed by atoms with Crippen molar-refractivity contribution in [3.63, 3.8) is 0 Å². The molecule has 0 saturated carbocycles. The third kappa shape index (κ3) is 4.61. The molecule has 1 aliphatic heterocycles. The van der Waals surface area contributed by atoms with Crippen LogP contribution in [-0.4, -0.2) is 61.7 Å². The highest BCUT2D eigenvalue weighted by atomic mass is 32.2. The summed E-state index contributed by atoms with van der Waals surface area (Å²) in [5.74, 6) is -0.165. The molecule has 0 N–H and O–H groups in total. The fourth-order valence-corrected chi connectivity index (χ4v) is 4.59. The van der Waals surface area contributed by atoms with Gasteiger partial charge in [0.15, 0.2) is 0 Å². The molecule has 1 aliphatic rings. The van der Waals surface area contributed by atoms with E-state index in [0.29, 0.717) is 12.2 Å². The molecule has 2 aromatic carbocycles. The second kappa shape index (κ2) is 8.68. The van der Waals surface area contributed by atoms with Gasteiger partial charge in [0.2, 0.25) is 10.0 Å². The Morgan fingerprint density at radius 2 is 1.76 bits per heavy atom. The minimum atomic E-state index is -3.87. The lowest BCUT2D eigenvalue weighted by molar-refractivity contribution is -0.385. The monoisotopic (exact) mass is 419 g/mol. The summed E-state index contributed by atoms with van der Waals surface area (Å²) in [5, 5.41) is 10.9. The predicted octanol–water partition coefficient (Wildman–Crippen LogP) is 1.89. The standard InChI is InChI=1S/C19H21N3O6S/c1-28-14-15-5-7-16(8-6-15)19(23)20-9-11-21(12-10-20)29(26,27)18-4-2-3-17(13-18)22(24)25/h2-8,13H,9-12,14H2,1H3. The first-order valence-electron chi connectivity index (χ1n) is 8.94. The highest BCUT2D eigenvalue weighted by molar-refractivity contribution is 7.89. The molecule has 0 radical (unpaired) electrons. The van der Waals surface area contributed by atoms with E-state index in [2.05, 4.69) is 0 Å². The third-order valence-electron chi connectivity index (χ3n) is 4.70. The van der Waals surface area contributed by atoms with Gasteiger partial charge in [0.1, 0.15) is 0 Å². The van der Waals surface area contributed by atoms with Gasteiger partial charge in [-0.1, -0.05) is 18.2 Å². The molecule has 1 heterocycles. The van der Waals surface area contributed by atoms with Crippen LogP contribution in [0.4, 0.5) is 5.69 Å². The summed E-state index contributed by atoms with van der Waals surface area (Å²) in [7, 11) is -2.27. The van der Waals surface area contributed by atoms with E-state index in [4.69, 9.17) is 4.74 Å². The lowest BCUT2D eigenvalue weighted by Crippen LogP contribution is -2.50. The van der Waals surface area contributed by atoms with Crippen LogP contribution in [0.15, 0.2) is 53.4 Å². The Labute approximate surface area is 168 Å². The van der Waals surface area contributed by atoms with Crippen LogP contribution in [0.25, 0.3) is 0 Å². The molecular weight excluding hydrogens is 398 g/mol. The van der Waals surface area contributed by atoms with Gasteiger partial charge in [0.25, 0.3) is 11.6 Å². The molecule has 0 bridgehead atoms. The first kappa shape index (κ1) is 20.9. The van der Waals surface area contributed by atoms with E-state index in [-0.39, 0.29) is 42.7 Å². The minimum absolute atomic E-state index is 0.124. The van der Waals surface area contributed by atoms with Crippen molar-refractivity contribution in [2.45, 2.75) is 11.5 Å². The van der Waals surface area contributed by atoms with E-state index in [1.165, 1.54) is 22.5 Å². The summed E-state index contributed by atoms with van der Waals surface area (Å²) in [6.07, 6.45) is 0. The van der Waals surface area contributed by atoms with Crippen LogP contribution in [-0.2, 0) is 21.4 Å². The Kier molecular flexibility index (Phi) is 6.26. The Morgan fingerprint density at radius 1 is 1.10 bits per heavy atom. The molecule has 1 saturated heterocycles. The van der Waals surface area contributed by atoms with Crippen LogP contribution in [0.1, 0.15) is 15.9 Å². The van der Waals surface area contributed by atoms with Gasteiger partial charge < -0.3 is 9.64 Å². The van der Waals surface area contributed by atoms with E-state index in [0.717, 1.165) is 11.6 Å². The number of carbonyl (C=O) groups is 1. The quantitative estimate of drug-likeness (QED) is 0.522. The average molecular weight is 419 g/mol. The molecular formula is C19H21N3O6S. The minimum Gasteiger partial charge on any atom is -0.380 e. The van der Waals surface area contributed by atoms with Gasteiger partial charge in [0, 0.05) is 51.0 Å². The highest BCUT2D eigenvalue weighted by Crippen LogP contribution is 2.22. The topological polar surface area (TPSA) is 110 Å². The number of nitro benzene ring substituents is 1. The Bertz CT molecular complexity index is 999. The fourth-order valence-electron chi connectivity index (χ4n) is 3.13. The molecule has 10 heteroatoms. The van der Waals surface area contributed by atoms with Crippen molar-refractivity contribution in [2.75, 3.05) is 33.3 Å². The maximum absolute atomic E-state index is 12.8. The van der Waals surface area contributed by atoms with Gasteiger partial charge in [-0.2, -0.15) is 4.31 Å². The van der Waals surface area contributed by atoms with E-state index in [1.807, 2.05) is 12.1 Å². The van der Waals surface area contributed by atoms with Crippen molar-refractivity contribution >= 4 is 21.6 Å². The largest absolute Gasteiger partial charge is 0.380 e. The van der Waals surface area contributed by atoms with E-state index < -0.39 is 14.9 Å². The number of hydrogen-bond donors (Lipinski definition) is 0. The van der Waals surface area contributed by atoms with Crippen LogP contribution < -0.4 is 0 Å². The molecule has 3 rings (SSSR count). The predicted molar refractivity (Wildman–Crippen MR) is 105 cm³/mol. The van der Waals surface area contributed by atoms with Crippen molar-refractivity contribution in [1.82, 2.24) is 9.21 Å². The van der Waals surface area contributed by atoms with Gasteiger partial charge in [-0.15, -0.1) is 0 Å². The highest BCUT2D eigenvalue weighted by Gasteiger charge is 2.31. The van der Waals surface area contributed by atoms with Crippen LogP contribution in [0.5, 0.6) is 0 Å². The number of hydrogen-bond acceptors (Lipinski definition) is 6. The van der Waals surface area contributed by atoms with Crippen molar-refractivity contribution < 1.29 is 22.9 Å². The molecule has 2 aromatic rings. The number of benzene rings is 2. The Morgan fingerprint density at radius 3 is 2.34 bits per heavy atom. The molecule has 9 nitrogen and oxygen atoms in total. The number of non-ortho nitro benzene ring substituents is 1. The second-order valence-corrected chi connectivity index (χ2v) is 8.52. The summed E-state index contributed by atoms with van der Waals surface area (Å²) in [5.41, 5.74) is 1.20. The molecule has 0 unspecified atom stereocenters. The molecule has 0 aromatic heterocycles. The number of amides is 1. The van der Waals surface area contributed by atoms with Gasteiger partial charge in [-0.3, -0.25) is 14.9 Å². The van der Waals surface area contributed by atoms with Gasteiger partial charge in [-0.25, -0.2) is 8.42 Å². The number of carbonyl (C=O) groups excluding carboxylic acids is 1. The number of nitrogens with zero attached hydrogens (tertiary/aromatic N) is 3. The molecule has 1 amide bonds. The van der Waals surface area contributed by atoms with Crippen molar-refractivity contribution in [1.29, 1.82) is 0 Å². The van der Waals surface area contributed by atoms with E-state index in [9.17, 15) is 23.3 Å². The number of sulfonamides is 1. The number of methoxy groups -OCH3 is 1. The zero-order valence-electron chi connectivity index (χ0n) is 15.9. The summed E-state index contributed by atoms with van der Waals surface area (Å²) in [6.45, 7) is 1.19. The van der Waals surface area contributed by atoms with Crippen LogP contribution in [0.3, 0.4) is 0 Å². The fraction of sp³-hybridized carbons (Fsp3) is 0.316. The molecule has 1 fully saturated rings. The first-order chi connectivity index (χ1) is 13.8. The molecule has 29 heavy (non-hydrogen) atoms. The van der Waals surface area contributed by atoms with Crippen molar-refractivity contribution in [3.8, 4) is 0 Å². The first-order valence-corrected chi connectivity index (χ1v) is 10.4. The third-order valence-corrected chi connectivity index (χ3v) is 6.60. The maximum Gasteiger partial charge on any atom is 0.270 e. The molecule has 0 aliphatic carbocycles. The van der Waals surface area contributed by atoms with Crippen molar-refractivity contribution in [2.24, 2.45) is 0 Å². The molecule has 0 spiro atoms. The Hall–Kier alpha value is -2.82. The van der Waals surface area contributed by atoms with Gasteiger partial charge >= 0.3 is 0 Å². The number of piperazine rings is 1. The van der Waals surface area contributed by atoms with Crippen molar-refractivity contribution in [3.05, 3.63) is 69.8 Å². The van der Waals surface area contributed by atoms with E-state index >= 15 is 0 Å². The summed E-state index contributed by atoms with van der Waals surface area (Å²) in [6, 6.07) is 12.1. The zero-order valence-corrected chi connectivity index (χ0v) is 16.7. The molecule has 154 valence electrons. The smallest absolute Gasteiger partial charge is 0.270 e. The lowest BCUT2D eigenvalue weighted by Gasteiger charge is -2.34.